The number of amides is 4. The fourth-order valence-corrected chi connectivity index (χ4v) is 14.7. The van der Waals surface area contributed by atoms with Crippen LogP contribution >= 0.6 is 0 Å². The predicted molar refractivity (Wildman–Crippen MR) is 494 cm³/mol. The van der Waals surface area contributed by atoms with Crippen molar-refractivity contribution in [3.8, 4) is 0 Å². The van der Waals surface area contributed by atoms with Gasteiger partial charge in [0.15, 0.2) is 76.5 Å². The first-order valence-electron chi connectivity index (χ1n) is 42.4. The molecule has 0 atom stereocenters. The normalized spacial score (nSPS) is 14.7. The van der Waals surface area contributed by atoms with Crippen LogP contribution in [0.2, 0.25) is 0 Å². The smallest absolute Gasteiger partial charge is 0.378 e. The number of anilines is 1. The monoisotopic (exact) mass is 1950 g/mol. The zero-order chi connectivity index (χ0) is 98.3. The van der Waals surface area contributed by atoms with Gasteiger partial charge < -0.3 is 94.9 Å². The molecule has 4 amide bonds. The molecule has 10 aromatic rings. The van der Waals surface area contributed by atoms with Crippen LogP contribution in [0.25, 0.3) is 5.76 Å². The lowest BCUT2D eigenvalue weighted by Gasteiger charge is -2.20. The molecule has 746 valence electrons. The molecule has 6 aliphatic rings. The van der Waals surface area contributed by atoms with Crippen LogP contribution in [0.15, 0.2) is 220 Å². The second-order valence-electron chi connectivity index (χ2n) is 31.6. The second-order valence-corrected chi connectivity index (χ2v) is 31.6. The standard InChI is InChI=1S/C23H24FNO6.C20H19FN2O5.C20H20FNO4.C19H17FO7.C16H15FO4.CO2.4CH4/c1-13(2)25-12-18(21(28-3)22(25)27)20(26)19-7-6-16(31-19)10-14-4-5-15(24)11-17(14)23-29-8-9-30-23;1-11(2)23-9-15(19(26)20(23)27)18(25)17-6-5-14(28-17)7-12-3-4-13(21)8-16(12)22-10-24;1-12(2)22-11-16(19(25-3)20(22)24)18(23)17-9-8-15(26-17)10-13-4-6-14(21)7-5-13;1-24-18(23)16(22)10-15(21)17-5-4-13(27-17)8-11-2-3-12(20)9-14(11)19-25-6-7-26-19;1-10(18)15-5-4-13(21-15)8-11-2-3-12(17)9-14(11)16-19-6-7-20-16;2-1-3;;;;/h4-7,11,13,23H,8-10,12H2,1-3H3;3-6,8,10-11,26H,7,9H2,1-2H3,(H,22,24);4-9,12H,10-11H2,1-3H3;2-5,9-10,19,21H,6-8H2,1H3;2-5,9,16H,6-8H2,1H3;;4*1H4. The number of nitrogens with zero attached hydrogens (tertiary/aromatic N) is 3. The summed E-state index contributed by atoms with van der Waals surface area (Å²) in [6.07, 6.45) is 1.34. The highest BCUT2D eigenvalue weighted by Crippen LogP contribution is 2.36. The lowest BCUT2D eigenvalue weighted by atomic mass is 10.0. The van der Waals surface area contributed by atoms with Gasteiger partial charge in [0.2, 0.25) is 23.8 Å². The first-order chi connectivity index (χ1) is 65.1. The molecule has 5 aromatic carbocycles. The number of rotatable bonds is 30. The third-order valence-corrected chi connectivity index (χ3v) is 21.5. The molecular formula is C103H111F5N4O28. The molecule has 16 rings (SSSR count). The minimum atomic E-state index is -1.10. The van der Waals surface area contributed by atoms with Crippen molar-refractivity contribution in [3.05, 3.63) is 329 Å². The van der Waals surface area contributed by atoms with Crippen molar-refractivity contribution >= 4 is 76.6 Å². The molecule has 6 aliphatic heterocycles. The molecule has 37 heteroatoms. The summed E-state index contributed by atoms with van der Waals surface area (Å²) >= 11 is 0. The van der Waals surface area contributed by atoms with Gasteiger partial charge in [0.05, 0.1) is 97.3 Å². The van der Waals surface area contributed by atoms with Crippen LogP contribution in [0.4, 0.5) is 27.6 Å². The van der Waals surface area contributed by atoms with E-state index in [0.717, 1.165) is 35.4 Å². The molecule has 0 aliphatic carbocycles. The van der Waals surface area contributed by atoms with Gasteiger partial charge in [-0.25, -0.2) is 26.7 Å². The maximum atomic E-state index is 13.8. The maximum Gasteiger partial charge on any atom is 0.378 e. The average molecular weight is 1950 g/mol. The van der Waals surface area contributed by atoms with Gasteiger partial charge in [0, 0.05) is 85.6 Å². The van der Waals surface area contributed by atoms with Crippen molar-refractivity contribution in [2.45, 2.75) is 147 Å². The number of furan rings is 5. The van der Waals surface area contributed by atoms with Crippen molar-refractivity contribution in [2.24, 2.45) is 0 Å². The van der Waals surface area contributed by atoms with Gasteiger partial charge in [-0.2, -0.15) is 9.59 Å². The number of ketones is 5. The molecule has 0 unspecified atom stereocenters. The van der Waals surface area contributed by atoms with Crippen LogP contribution in [0.1, 0.15) is 218 Å². The van der Waals surface area contributed by atoms with Crippen LogP contribution in [-0.2, 0) is 113 Å². The third-order valence-electron chi connectivity index (χ3n) is 21.5. The third kappa shape index (κ3) is 28.4. The van der Waals surface area contributed by atoms with E-state index < -0.39 is 65.5 Å². The van der Waals surface area contributed by atoms with Gasteiger partial charge in [-0.05, 0) is 191 Å². The van der Waals surface area contributed by atoms with E-state index in [0.29, 0.717) is 133 Å². The van der Waals surface area contributed by atoms with Crippen LogP contribution in [0.3, 0.4) is 0 Å². The molecule has 32 nitrogen and oxygen atoms in total. The summed E-state index contributed by atoms with van der Waals surface area (Å²) in [5.41, 5.74) is 6.53. The zero-order valence-electron chi connectivity index (χ0n) is 75.3. The first kappa shape index (κ1) is 112. The Hall–Kier alpha value is -14.9. The lowest BCUT2D eigenvalue weighted by Crippen LogP contribution is -2.34. The molecule has 0 saturated carbocycles. The summed E-state index contributed by atoms with van der Waals surface area (Å²) in [7, 11) is 3.82. The van der Waals surface area contributed by atoms with Gasteiger partial charge in [-0.3, -0.25) is 43.2 Å². The number of aliphatic hydroxyl groups excluding tert-OH is 2. The minimum Gasteiger partial charge on any atom is -0.504 e. The van der Waals surface area contributed by atoms with Gasteiger partial charge in [-0.1, -0.05) is 66.1 Å². The van der Waals surface area contributed by atoms with Gasteiger partial charge >= 0.3 is 12.1 Å². The van der Waals surface area contributed by atoms with Crippen LogP contribution in [0, 0.1) is 29.1 Å². The number of esters is 1. The van der Waals surface area contributed by atoms with E-state index in [2.05, 4.69) is 10.1 Å². The van der Waals surface area contributed by atoms with Crippen LogP contribution in [-0.4, -0.2) is 189 Å². The highest BCUT2D eigenvalue weighted by Gasteiger charge is 2.41. The Labute approximate surface area is 804 Å². The number of carbonyl (C=O) groups excluding carboxylic acids is 12. The molecule has 3 fully saturated rings. The lowest BCUT2D eigenvalue weighted by molar-refractivity contribution is -0.192. The summed E-state index contributed by atoms with van der Waals surface area (Å²) < 4.78 is 143. The van der Waals surface area contributed by atoms with Crippen molar-refractivity contribution in [2.75, 3.05) is 85.9 Å². The molecule has 11 heterocycles. The fraction of sp³-hybridized carbons (Fsp3) is 0.330. The van der Waals surface area contributed by atoms with Crippen molar-refractivity contribution in [1.82, 2.24) is 14.7 Å². The number of methoxy groups -OCH3 is 3. The zero-order valence-corrected chi connectivity index (χ0v) is 75.3. The first-order valence-corrected chi connectivity index (χ1v) is 42.4. The Balaban J connectivity index is 0.000000235. The van der Waals surface area contributed by atoms with Crippen LogP contribution in [0.5, 0.6) is 0 Å². The Bertz CT molecular complexity index is 6220. The van der Waals surface area contributed by atoms with E-state index in [1.165, 1.54) is 105 Å². The minimum absolute atomic E-state index is 0. The van der Waals surface area contributed by atoms with Crippen LogP contribution < -0.4 is 5.32 Å². The number of hydrogen-bond donors (Lipinski definition) is 3. The van der Waals surface area contributed by atoms with E-state index in [-0.39, 0.29) is 179 Å². The quantitative estimate of drug-likeness (QED) is 0.00716. The number of benzene rings is 5. The number of Topliss-reactive ketones (excluding diaryl/α,β-unsaturated/α-hetero) is 4. The fourth-order valence-electron chi connectivity index (χ4n) is 14.7. The van der Waals surface area contributed by atoms with E-state index in [1.807, 2.05) is 27.7 Å². The maximum absolute atomic E-state index is 13.8. The highest BCUT2D eigenvalue weighted by molar-refractivity contribution is 6.39. The molecule has 3 saturated heterocycles. The van der Waals surface area contributed by atoms with Crippen molar-refractivity contribution < 1.29 is 154 Å². The number of carbonyl (C=O) groups is 10. The Morgan fingerprint density at radius 2 is 0.736 bits per heavy atom. The Morgan fingerprint density at radius 3 is 1.08 bits per heavy atom. The van der Waals surface area contributed by atoms with E-state index in [9.17, 15) is 80.1 Å². The number of ether oxygens (including phenoxy) is 9. The van der Waals surface area contributed by atoms with Crippen molar-refractivity contribution in [3.63, 3.8) is 0 Å². The molecule has 140 heavy (non-hydrogen) atoms. The molecule has 5 aromatic heterocycles. The Morgan fingerprint density at radius 1 is 0.429 bits per heavy atom. The number of hydrogen-bond acceptors (Lipinski definition) is 28. The van der Waals surface area contributed by atoms with Gasteiger partial charge in [0.1, 0.15) is 57.9 Å². The topological polar surface area (TPSA) is 416 Å². The molecule has 0 bridgehead atoms. The number of halogens is 5. The number of aliphatic hydroxyl groups is 2. The van der Waals surface area contributed by atoms with Crippen molar-refractivity contribution in [1.29, 1.82) is 0 Å². The predicted octanol–water partition coefficient (Wildman–Crippen LogP) is 17.5. The molecule has 3 N–H and O–H groups in total. The van der Waals surface area contributed by atoms with Gasteiger partial charge in [-0.15, -0.1) is 0 Å². The summed E-state index contributed by atoms with van der Waals surface area (Å²) in [6.45, 7) is 15.7. The summed E-state index contributed by atoms with van der Waals surface area (Å²) in [6, 6.07) is 39.0. The average Bonchev–Trinajstić information content (AvgIpc) is 1.65. The highest BCUT2D eigenvalue weighted by atomic mass is 19.1. The molecule has 0 radical (unpaired) electrons. The molecule has 0 spiro atoms. The largest absolute Gasteiger partial charge is 0.504 e. The SMILES string of the molecule is C.C.C.C.CC(=O)c1ccc(Cc2ccc(F)cc2C2OCCO2)o1.CC(C)N1CC(C(=O)c2ccc(Cc3ccc(F)cc3NC=O)o2)=C(O)C1=O.COC(=O)C(=O)C=C(O)c1ccc(Cc2ccc(F)cc2C2OCCO2)o1.COC1=C(C(=O)c2ccc(Cc3ccc(F)cc3)o2)CN(C(C)C)C1=O.COC1=C(C(=O)c2ccc(Cc3ccc(F)cc3C3OCCO3)o2)CN(C(C)C)C1=O.O=C=O. The van der Waals surface area contributed by atoms with E-state index in [1.54, 1.807) is 103 Å². The summed E-state index contributed by atoms with van der Waals surface area (Å²) in [5, 5.41) is 22.4. The molecular weight excluding hydrogens is 1840 g/mol. The second kappa shape index (κ2) is 52.1. The number of nitrogens with one attached hydrogen (secondary N) is 1. The van der Waals surface area contributed by atoms with E-state index >= 15 is 0 Å². The summed E-state index contributed by atoms with van der Waals surface area (Å²) in [5.74, 6) is -4.35. The van der Waals surface area contributed by atoms with E-state index in [4.69, 9.17) is 69.6 Å². The van der Waals surface area contributed by atoms with Gasteiger partial charge in [0.25, 0.3) is 23.5 Å². The Kier molecular flexibility index (Phi) is 41.7. The summed E-state index contributed by atoms with van der Waals surface area (Å²) in [4.78, 5) is 141.